The van der Waals surface area contributed by atoms with Gasteiger partial charge in [-0.2, -0.15) is 5.26 Å². The monoisotopic (exact) mass is 536 g/mol. The summed E-state index contributed by atoms with van der Waals surface area (Å²) in [6.07, 6.45) is 2.48. The quantitative estimate of drug-likeness (QED) is 0.193. The summed E-state index contributed by atoms with van der Waals surface area (Å²) in [5, 5.41) is 12.0. The van der Waals surface area contributed by atoms with Gasteiger partial charge in [0.1, 0.15) is 36.6 Å². The number of aryl methyl sites for hydroxylation is 1. The van der Waals surface area contributed by atoms with Crippen LogP contribution >= 0.6 is 0 Å². The van der Waals surface area contributed by atoms with E-state index in [0.717, 1.165) is 30.4 Å². The van der Waals surface area contributed by atoms with Crippen molar-refractivity contribution in [2.75, 3.05) is 6.54 Å². The average Bonchev–Trinajstić information content (AvgIpc) is 2.97. The molecule has 0 heterocycles. The van der Waals surface area contributed by atoms with Gasteiger partial charge < -0.3 is 14.8 Å². The topological polar surface area (TPSA) is 71.3 Å². The van der Waals surface area contributed by atoms with Crippen molar-refractivity contribution in [2.24, 2.45) is 0 Å². The molecule has 0 aliphatic rings. The van der Waals surface area contributed by atoms with Gasteiger partial charge in [0.25, 0.3) is 0 Å². The number of hydrogen-bond acceptors (Lipinski definition) is 4. The first-order valence-corrected chi connectivity index (χ1v) is 13.4. The molecule has 0 atom stereocenters. The molecule has 0 saturated heterocycles. The highest BCUT2D eigenvalue weighted by Crippen LogP contribution is 2.30. The standard InChI is InChI=1S/C34H33FN2O3/c1-24-29(12-8-13-32(24)27-9-4-3-5-10-27)23-39-31-16-15-28(11-6-7-18-37-25(2)38)34(20-31)40-22-26-14-17-33(35)30(19-26)21-36/h3-5,8-10,12-17,19-20H,6-7,11,18,22-23H2,1-2H3,(H,37,38). The maximum Gasteiger partial charge on any atom is 0.216 e. The van der Waals surface area contributed by atoms with E-state index >= 15 is 0 Å². The van der Waals surface area contributed by atoms with Crippen molar-refractivity contribution in [3.8, 4) is 28.7 Å². The zero-order valence-electron chi connectivity index (χ0n) is 22.9. The molecule has 1 N–H and O–H groups in total. The second kappa shape index (κ2) is 14.0. The molecule has 0 saturated carbocycles. The number of carbonyl (C=O) groups is 1. The van der Waals surface area contributed by atoms with Crippen LogP contribution < -0.4 is 14.8 Å². The van der Waals surface area contributed by atoms with E-state index < -0.39 is 5.82 Å². The van der Waals surface area contributed by atoms with Crippen molar-refractivity contribution >= 4 is 5.91 Å². The number of halogens is 1. The lowest BCUT2D eigenvalue weighted by molar-refractivity contribution is -0.118. The van der Waals surface area contributed by atoms with E-state index in [-0.39, 0.29) is 18.1 Å². The van der Waals surface area contributed by atoms with Crippen molar-refractivity contribution in [3.05, 3.63) is 119 Å². The Bertz CT molecular complexity index is 1500. The predicted octanol–water partition coefficient (Wildman–Crippen LogP) is 7.29. The third-order valence-electron chi connectivity index (χ3n) is 6.76. The van der Waals surface area contributed by atoms with Crippen molar-refractivity contribution in [1.82, 2.24) is 5.32 Å². The normalized spacial score (nSPS) is 10.6. The van der Waals surface area contributed by atoms with Gasteiger partial charge in [0.05, 0.1) is 5.56 Å². The Kier molecular flexibility index (Phi) is 9.90. The van der Waals surface area contributed by atoms with Crippen molar-refractivity contribution in [2.45, 2.75) is 46.3 Å². The summed E-state index contributed by atoms with van der Waals surface area (Å²) in [6.45, 7) is 4.84. The lowest BCUT2D eigenvalue weighted by Crippen LogP contribution is -2.20. The second-order valence-electron chi connectivity index (χ2n) is 9.67. The molecular formula is C34H33FN2O3. The SMILES string of the molecule is CC(=O)NCCCCc1ccc(OCc2cccc(-c3ccccc3)c2C)cc1OCc1ccc(F)c(C#N)c1. The minimum absolute atomic E-state index is 0.00974. The van der Waals surface area contributed by atoms with Crippen LogP contribution in [0.1, 0.15) is 47.6 Å². The number of benzene rings is 4. The molecule has 5 nitrogen and oxygen atoms in total. The Labute approximate surface area is 235 Å². The number of nitrogens with zero attached hydrogens (tertiary/aromatic N) is 1. The van der Waals surface area contributed by atoms with Crippen LogP contribution in [-0.4, -0.2) is 12.5 Å². The third kappa shape index (κ3) is 7.70. The van der Waals surface area contributed by atoms with Gasteiger partial charge in [-0.15, -0.1) is 0 Å². The van der Waals surface area contributed by atoms with Gasteiger partial charge in [-0.25, -0.2) is 4.39 Å². The predicted molar refractivity (Wildman–Crippen MR) is 154 cm³/mol. The van der Waals surface area contributed by atoms with Gasteiger partial charge in [-0.3, -0.25) is 4.79 Å². The number of ether oxygens (including phenoxy) is 2. The summed E-state index contributed by atoms with van der Waals surface area (Å²) in [7, 11) is 0. The lowest BCUT2D eigenvalue weighted by Gasteiger charge is -2.16. The minimum atomic E-state index is -0.548. The van der Waals surface area contributed by atoms with Crippen molar-refractivity contribution in [3.63, 3.8) is 0 Å². The summed E-state index contributed by atoms with van der Waals surface area (Å²) in [5.74, 6) is 0.771. The van der Waals surface area contributed by atoms with E-state index in [1.165, 1.54) is 35.7 Å². The molecule has 0 spiro atoms. The van der Waals surface area contributed by atoms with Crippen LogP contribution in [0.3, 0.4) is 0 Å². The summed E-state index contributed by atoms with van der Waals surface area (Å²) in [5.41, 5.74) is 6.32. The van der Waals surface area contributed by atoms with E-state index in [1.54, 1.807) is 6.07 Å². The van der Waals surface area contributed by atoms with Crippen LogP contribution in [0.15, 0.2) is 84.9 Å². The van der Waals surface area contributed by atoms with Gasteiger partial charge in [0.2, 0.25) is 5.91 Å². The van der Waals surface area contributed by atoms with Gasteiger partial charge in [-0.1, -0.05) is 60.7 Å². The van der Waals surface area contributed by atoms with Crippen LogP contribution in [0, 0.1) is 24.1 Å². The highest BCUT2D eigenvalue weighted by atomic mass is 19.1. The molecule has 0 fully saturated rings. The summed E-state index contributed by atoms with van der Waals surface area (Å²) >= 11 is 0. The molecule has 4 aromatic rings. The first-order chi connectivity index (χ1) is 19.4. The molecule has 4 rings (SSSR count). The van der Waals surface area contributed by atoms with Gasteiger partial charge >= 0.3 is 0 Å². The van der Waals surface area contributed by atoms with Gasteiger partial charge in [0.15, 0.2) is 0 Å². The third-order valence-corrected chi connectivity index (χ3v) is 6.76. The van der Waals surface area contributed by atoms with Gasteiger partial charge in [0, 0.05) is 19.5 Å². The molecule has 40 heavy (non-hydrogen) atoms. The molecule has 0 unspecified atom stereocenters. The lowest BCUT2D eigenvalue weighted by atomic mass is 9.97. The Balaban J connectivity index is 1.49. The second-order valence-corrected chi connectivity index (χ2v) is 9.67. The van der Waals surface area contributed by atoms with E-state index in [9.17, 15) is 9.18 Å². The van der Waals surface area contributed by atoms with E-state index in [1.807, 2.05) is 48.5 Å². The molecule has 0 bridgehead atoms. The smallest absolute Gasteiger partial charge is 0.216 e. The molecule has 6 heteroatoms. The maximum atomic E-state index is 13.8. The number of hydrogen-bond donors (Lipinski definition) is 1. The maximum absolute atomic E-state index is 13.8. The summed E-state index contributed by atoms with van der Waals surface area (Å²) < 4.78 is 26.2. The number of rotatable bonds is 12. The minimum Gasteiger partial charge on any atom is -0.489 e. The van der Waals surface area contributed by atoms with Crippen LogP contribution in [0.2, 0.25) is 0 Å². The van der Waals surface area contributed by atoms with Crippen LogP contribution in [-0.2, 0) is 24.4 Å². The Morgan fingerprint density at radius 1 is 0.900 bits per heavy atom. The molecule has 0 radical (unpaired) electrons. The van der Waals surface area contributed by atoms with E-state index in [0.29, 0.717) is 30.2 Å². The molecule has 0 aliphatic heterocycles. The first kappa shape index (κ1) is 28.4. The summed E-state index contributed by atoms with van der Waals surface area (Å²) in [6, 6.07) is 28.6. The number of carbonyl (C=O) groups excluding carboxylic acids is 1. The molecule has 204 valence electrons. The molecular weight excluding hydrogens is 503 g/mol. The average molecular weight is 537 g/mol. The fourth-order valence-corrected chi connectivity index (χ4v) is 4.51. The fourth-order valence-electron chi connectivity index (χ4n) is 4.51. The van der Waals surface area contributed by atoms with Gasteiger partial charge in [-0.05, 0) is 77.8 Å². The van der Waals surface area contributed by atoms with Crippen LogP contribution in [0.5, 0.6) is 11.5 Å². The number of nitrogens with one attached hydrogen (secondary N) is 1. The van der Waals surface area contributed by atoms with Crippen molar-refractivity contribution < 1.29 is 18.7 Å². The Hall–Kier alpha value is -4.63. The molecule has 1 amide bonds. The van der Waals surface area contributed by atoms with Crippen LogP contribution in [0.25, 0.3) is 11.1 Å². The number of amides is 1. The zero-order chi connectivity index (χ0) is 28.3. The van der Waals surface area contributed by atoms with E-state index in [2.05, 4.69) is 36.5 Å². The Morgan fingerprint density at radius 3 is 2.50 bits per heavy atom. The van der Waals surface area contributed by atoms with E-state index in [4.69, 9.17) is 14.7 Å². The molecule has 0 aromatic heterocycles. The summed E-state index contributed by atoms with van der Waals surface area (Å²) in [4.78, 5) is 11.1. The first-order valence-electron chi connectivity index (χ1n) is 13.4. The highest BCUT2D eigenvalue weighted by molar-refractivity contribution is 5.72. The fraction of sp³-hybridized carbons (Fsp3) is 0.235. The van der Waals surface area contributed by atoms with Crippen molar-refractivity contribution in [1.29, 1.82) is 5.26 Å². The Morgan fingerprint density at radius 2 is 1.73 bits per heavy atom. The van der Waals surface area contributed by atoms with Crippen LogP contribution in [0.4, 0.5) is 4.39 Å². The zero-order valence-corrected chi connectivity index (χ0v) is 22.9. The molecule has 0 aliphatic carbocycles. The largest absolute Gasteiger partial charge is 0.489 e. The highest BCUT2D eigenvalue weighted by Gasteiger charge is 2.11. The number of nitriles is 1. The molecule has 4 aromatic carbocycles. The number of unbranched alkanes of at least 4 members (excludes halogenated alkanes) is 1.